The highest BCUT2D eigenvalue weighted by Gasteiger charge is 2.56. The van der Waals surface area contributed by atoms with Gasteiger partial charge in [0.05, 0.1) is 16.6 Å². The molecule has 28 heavy (non-hydrogen) atoms. The van der Waals surface area contributed by atoms with Crippen molar-refractivity contribution in [3.8, 4) is 11.8 Å². The minimum atomic E-state index is -0.720. The Balaban J connectivity index is 1.79. The Morgan fingerprint density at radius 2 is 1.46 bits per heavy atom. The first-order chi connectivity index (χ1) is 12.9. The van der Waals surface area contributed by atoms with Gasteiger partial charge < -0.3 is 9.31 Å². The third-order valence-corrected chi connectivity index (χ3v) is 7.10. The van der Waals surface area contributed by atoms with Gasteiger partial charge in [-0.1, -0.05) is 51.2 Å². The van der Waals surface area contributed by atoms with Crippen LogP contribution in [-0.2, 0) is 9.31 Å². The van der Waals surface area contributed by atoms with Crippen molar-refractivity contribution < 1.29 is 13.7 Å². The Hall–Kier alpha value is -1.57. The third kappa shape index (κ3) is 3.13. The quantitative estimate of drug-likeness (QED) is 0.514. The molecular formula is C24H32BFO2. The predicted octanol–water partition coefficient (Wildman–Crippen LogP) is 5.41. The van der Waals surface area contributed by atoms with Crippen LogP contribution in [0.25, 0.3) is 0 Å². The van der Waals surface area contributed by atoms with E-state index in [1.54, 1.807) is 0 Å². The van der Waals surface area contributed by atoms with E-state index in [4.69, 9.17) is 9.31 Å². The largest absolute Gasteiger partial charge is 0.494 e. The van der Waals surface area contributed by atoms with Gasteiger partial charge >= 0.3 is 7.12 Å². The molecule has 1 aliphatic heterocycles. The van der Waals surface area contributed by atoms with Crippen LogP contribution >= 0.6 is 0 Å². The van der Waals surface area contributed by atoms with Crippen molar-refractivity contribution >= 4 is 12.6 Å². The highest BCUT2D eigenvalue weighted by molar-refractivity contribution is 6.62. The Morgan fingerprint density at radius 3 is 1.93 bits per heavy atom. The van der Waals surface area contributed by atoms with Gasteiger partial charge in [-0.05, 0) is 64.2 Å². The van der Waals surface area contributed by atoms with E-state index in [2.05, 4.69) is 32.6 Å². The zero-order valence-electron chi connectivity index (χ0n) is 18.5. The predicted molar refractivity (Wildman–Crippen MR) is 114 cm³/mol. The van der Waals surface area contributed by atoms with Crippen LogP contribution < -0.4 is 5.46 Å². The summed E-state index contributed by atoms with van der Waals surface area (Å²) in [6.45, 7) is 16.4. The topological polar surface area (TPSA) is 18.5 Å². The highest BCUT2D eigenvalue weighted by Crippen LogP contribution is 2.61. The molecule has 0 N–H and O–H groups in total. The van der Waals surface area contributed by atoms with Crippen molar-refractivity contribution in [2.45, 2.75) is 79.4 Å². The lowest BCUT2D eigenvalue weighted by Gasteiger charge is -2.51. The summed E-state index contributed by atoms with van der Waals surface area (Å²) in [6.07, 6.45) is 1.76. The second-order valence-corrected chi connectivity index (χ2v) is 9.75. The van der Waals surface area contributed by atoms with E-state index >= 15 is 0 Å². The lowest BCUT2D eigenvalue weighted by molar-refractivity contribution is 0.00578. The Bertz CT molecular complexity index is 839. The summed E-state index contributed by atoms with van der Waals surface area (Å²) in [5, 5.41) is 0. The molecule has 0 saturated carbocycles. The Kier molecular flexibility index (Phi) is 5.10. The molecule has 0 spiro atoms. The molecular weight excluding hydrogens is 350 g/mol. The lowest BCUT2D eigenvalue weighted by Crippen LogP contribution is -2.46. The normalized spacial score (nSPS) is 27.2. The average Bonchev–Trinajstić information content (AvgIpc) is 2.84. The molecule has 150 valence electrons. The monoisotopic (exact) mass is 382 g/mol. The van der Waals surface area contributed by atoms with E-state index < -0.39 is 5.41 Å². The molecule has 4 heteroatoms. The summed E-state index contributed by atoms with van der Waals surface area (Å²) in [6, 6.07) is 7.87. The fraction of sp³-hybridized carbons (Fsp3) is 0.583. The second-order valence-electron chi connectivity index (χ2n) is 9.75. The van der Waals surface area contributed by atoms with Crippen molar-refractivity contribution in [1.29, 1.82) is 0 Å². The van der Waals surface area contributed by atoms with Crippen LogP contribution in [-0.4, -0.2) is 18.3 Å². The van der Waals surface area contributed by atoms with Crippen molar-refractivity contribution in [2.75, 3.05) is 0 Å². The van der Waals surface area contributed by atoms with E-state index in [-0.39, 0.29) is 29.6 Å². The first-order valence-electron chi connectivity index (χ1n) is 10.2. The van der Waals surface area contributed by atoms with Gasteiger partial charge in [-0.3, -0.25) is 0 Å². The van der Waals surface area contributed by atoms with Gasteiger partial charge in [0.15, 0.2) is 0 Å². The Labute approximate surface area is 170 Å². The van der Waals surface area contributed by atoms with Crippen LogP contribution in [0.1, 0.15) is 73.8 Å². The first-order valence-corrected chi connectivity index (χ1v) is 10.2. The molecule has 0 aromatic heterocycles. The number of halogens is 1. The summed E-state index contributed by atoms with van der Waals surface area (Å²) in [5.41, 5.74) is 1.08. The SMILES string of the molecule is CCCC1=C(F)[C@](C)(C#Cc2ccc(B3OC(C)(C)C(C)(C)O3)cc2)C1(C)C. The van der Waals surface area contributed by atoms with Crippen LogP contribution in [0.2, 0.25) is 0 Å². The molecule has 0 radical (unpaired) electrons. The van der Waals surface area contributed by atoms with Gasteiger partial charge in [-0.2, -0.15) is 0 Å². The first kappa shape index (κ1) is 21.2. The van der Waals surface area contributed by atoms with Crippen molar-refractivity contribution in [3.63, 3.8) is 0 Å². The maximum atomic E-state index is 14.8. The van der Waals surface area contributed by atoms with Gasteiger partial charge in [0.2, 0.25) is 0 Å². The molecule has 1 saturated heterocycles. The van der Waals surface area contributed by atoms with E-state index in [1.807, 2.05) is 58.9 Å². The molecule has 1 fully saturated rings. The molecule has 2 aliphatic rings. The van der Waals surface area contributed by atoms with Crippen molar-refractivity contribution in [1.82, 2.24) is 0 Å². The molecule has 1 aromatic carbocycles. The van der Waals surface area contributed by atoms with Crippen molar-refractivity contribution in [2.24, 2.45) is 10.8 Å². The lowest BCUT2D eigenvalue weighted by atomic mass is 9.52. The smallest absolute Gasteiger partial charge is 0.399 e. The fourth-order valence-corrected chi connectivity index (χ4v) is 3.87. The molecule has 1 atom stereocenters. The molecule has 2 nitrogen and oxygen atoms in total. The molecule has 0 bridgehead atoms. The van der Waals surface area contributed by atoms with E-state index in [1.165, 1.54) is 0 Å². The van der Waals surface area contributed by atoms with Gasteiger partial charge in [0, 0.05) is 11.0 Å². The highest BCUT2D eigenvalue weighted by atomic mass is 19.1. The number of benzene rings is 1. The number of hydrogen-bond acceptors (Lipinski definition) is 2. The molecule has 1 aromatic rings. The molecule has 3 rings (SSSR count). The third-order valence-electron chi connectivity index (χ3n) is 7.10. The molecule has 0 amide bonds. The Morgan fingerprint density at radius 1 is 0.929 bits per heavy atom. The van der Waals surface area contributed by atoms with Crippen LogP contribution in [0.4, 0.5) is 4.39 Å². The fourth-order valence-electron chi connectivity index (χ4n) is 3.87. The summed E-state index contributed by atoms with van der Waals surface area (Å²) in [5.74, 6) is 6.35. The van der Waals surface area contributed by atoms with Gasteiger partial charge in [-0.25, -0.2) is 4.39 Å². The molecule has 1 aliphatic carbocycles. The minimum absolute atomic E-state index is 0.0410. The van der Waals surface area contributed by atoms with E-state index in [9.17, 15) is 4.39 Å². The van der Waals surface area contributed by atoms with E-state index in [0.29, 0.717) is 0 Å². The maximum absolute atomic E-state index is 14.8. The van der Waals surface area contributed by atoms with Gasteiger partial charge in [-0.15, -0.1) is 0 Å². The standard InChI is InChI=1S/C24H32BFO2/c1-9-10-19-20(26)24(8,21(19,2)3)16-15-17-11-13-18(14-12-17)25-27-22(4,5)23(6,7)28-25/h11-14H,9-10H2,1-8H3/t24-/m0/s1. The number of allylic oxidation sites excluding steroid dienone is 2. The number of rotatable bonds is 3. The van der Waals surface area contributed by atoms with E-state index in [0.717, 1.165) is 29.4 Å². The zero-order valence-corrected chi connectivity index (χ0v) is 18.5. The van der Waals surface area contributed by atoms with Crippen LogP contribution in [0.3, 0.4) is 0 Å². The molecule has 0 unspecified atom stereocenters. The van der Waals surface area contributed by atoms with Crippen molar-refractivity contribution in [3.05, 3.63) is 41.2 Å². The van der Waals surface area contributed by atoms with Crippen LogP contribution in [0.5, 0.6) is 0 Å². The zero-order chi connectivity index (χ0) is 21.0. The number of hydrogen-bond donors (Lipinski definition) is 0. The van der Waals surface area contributed by atoms with Gasteiger partial charge in [0.1, 0.15) is 5.83 Å². The van der Waals surface area contributed by atoms with Crippen LogP contribution in [0.15, 0.2) is 35.7 Å². The van der Waals surface area contributed by atoms with Crippen LogP contribution in [0, 0.1) is 22.7 Å². The average molecular weight is 382 g/mol. The minimum Gasteiger partial charge on any atom is -0.399 e. The summed E-state index contributed by atoms with van der Waals surface area (Å²) in [7, 11) is -0.382. The van der Waals surface area contributed by atoms with Gasteiger partial charge in [0.25, 0.3) is 0 Å². The maximum Gasteiger partial charge on any atom is 0.494 e. The summed E-state index contributed by atoms with van der Waals surface area (Å²) < 4.78 is 27.0. The summed E-state index contributed by atoms with van der Waals surface area (Å²) in [4.78, 5) is 0. The summed E-state index contributed by atoms with van der Waals surface area (Å²) >= 11 is 0. The molecule has 1 heterocycles. The second kappa shape index (κ2) is 6.75.